The molecule has 0 unspecified atom stereocenters. The Labute approximate surface area is 147 Å². The Morgan fingerprint density at radius 1 is 1.30 bits per heavy atom. The molecule has 0 aliphatic heterocycles. The second kappa shape index (κ2) is 7.91. The number of para-hydroxylation sites is 2. The minimum atomic E-state index is -0.540. The Morgan fingerprint density at radius 2 is 2.04 bits per heavy atom. The standard InChI is InChI=1S/C16H15IN2O4/c1-2-11-9-12(17)7-8-13(11)18-16(20)10-23-15-6-4-3-5-14(15)19(21)22/h3-9H,2,10H2,1H3,(H,18,20). The fraction of sp³-hybridized carbons (Fsp3) is 0.188. The van der Waals surface area contributed by atoms with E-state index in [2.05, 4.69) is 27.9 Å². The molecule has 0 bridgehead atoms. The second-order valence-electron chi connectivity index (χ2n) is 4.72. The lowest BCUT2D eigenvalue weighted by atomic mass is 10.1. The van der Waals surface area contributed by atoms with E-state index in [4.69, 9.17) is 4.74 Å². The van der Waals surface area contributed by atoms with E-state index in [9.17, 15) is 14.9 Å². The number of nitrogens with zero attached hydrogens (tertiary/aromatic N) is 1. The molecule has 0 saturated heterocycles. The molecule has 2 aromatic carbocycles. The van der Waals surface area contributed by atoms with Crippen molar-refractivity contribution in [1.29, 1.82) is 0 Å². The monoisotopic (exact) mass is 426 g/mol. The van der Waals surface area contributed by atoms with E-state index >= 15 is 0 Å². The van der Waals surface area contributed by atoms with Crippen LogP contribution < -0.4 is 10.1 Å². The maximum Gasteiger partial charge on any atom is 0.310 e. The molecule has 0 fully saturated rings. The number of carbonyl (C=O) groups excluding carboxylic acids is 1. The van der Waals surface area contributed by atoms with E-state index in [0.717, 1.165) is 21.2 Å². The highest BCUT2D eigenvalue weighted by molar-refractivity contribution is 14.1. The second-order valence-corrected chi connectivity index (χ2v) is 5.96. The molecule has 1 amide bonds. The molecule has 0 atom stereocenters. The van der Waals surface area contributed by atoms with Gasteiger partial charge in [-0.2, -0.15) is 0 Å². The van der Waals surface area contributed by atoms with Gasteiger partial charge >= 0.3 is 5.69 Å². The van der Waals surface area contributed by atoms with E-state index < -0.39 is 4.92 Å². The van der Waals surface area contributed by atoms with Crippen molar-refractivity contribution in [1.82, 2.24) is 0 Å². The van der Waals surface area contributed by atoms with Crippen LogP contribution in [0, 0.1) is 13.7 Å². The van der Waals surface area contributed by atoms with Crippen molar-refractivity contribution in [3.8, 4) is 5.75 Å². The number of amides is 1. The summed E-state index contributed by atoms with van der Waals surface area (Å²) in [5, 5.41) is 13.7. The Kier molecular flexibility index (Phi) is 5.91. The summed E-state index contributed by atoms with van der Waals surface area (Å²) in [4.78, 5) is 22.4. The van der Waals surface area contributed by atoms with Gasteiger partial charge in [-0.15, -0.1) is 0 Å². The molecule has 120 valence electrons. The van der Waals surface area contributed by atoms with Crippen molar-refractivity contribution in [2.45, 2.75) is 13.3 Å². The molecular formula is C16H15IN2O4. The Balaban J connectivity index is 2.03. The fourth-order valence-electron chi connectivity index (χ4n) is 2.04. The minimum Gasteiger partial charge on any atom is -0.477 e. The van der Waals surface area contributed by atoms with Crippen LogP contribution >= 0.6 is 22.6 Å². The van der Waals surface area contributed by atoms with Crippen LogP contribution in [0.5, 0.6) is 5.75 Å². The third kappa shape index (κ3) is 4.65. The van der Waals surface area contributed by atoms with Crippen molar-refractivity contribution in [2.24, 2.45) is 0 Å². The summed E-state index contributed by atoms with van der Waals surface area (Å²) in [6.07, 6.45) is 0.789. The number of nitro benzene ring substituents is 1. The Hall–Kier alpha value is -2.16. The van der Waals surface area contributed by atoms with E-state index in [-0.39, 0.29) is 24.0 Å². The van der Waals surface area contributed by atoms with Crippen LogP contribution in [0.25, 0.3) is 0 Å². The van der Waals surface area contributed by atoms with Crippen LogP contribution in [-0.4, -0.2) is 17.4 Å². The minimum absolute atomic E-state index is 0.0750. The summed E-state index contributed by atoms with van der Waals surface area (Å²) in [6.45, 7) is 1.71. The van der Waals surface area contributed by atoms with Gasteiger partial charge in [-0.3, -0.25) is 14.9 Å². The molecule has 6 nitrogen and oxygen atoms in total. The average Bonchev–Trinajstić information content (AvgIpc) is 2.54. The van der Waals surface area contributed by atoms with Crippen molar-refractivity contribution < 1.29 is 14.5 Å². The van der Waals surface area contributed by atoms with Gasteiger partial charge in [0.1, 0.15) is 0 Å². The molecule has 2 aromatic rings. The molecule has 0 aromatic heterocycles. The van der Waals surface area contributed by atoms with Gasteiger partial charge in [0.2, 0.25) is 0 Å². The first kappa shape index (κ1) is 17.2. The Bertz CT molecular complexity index is 734. The molecule has 23 heavy (non-hydrogen) atoms. The molecule has 0 radical (unpaired) electrons. The number of anilines is 1. The third-order valence-corrected chi connectivity index (χ3v) is 3.81. The Morgan fingerprint density at radius 3 is 2.74 bits per heavy atom. The smallest absolute Gasteiger partial charge is 0.310 e. The van der Waals surface area contributed by atoms with Gasteiger partial charge in [-0.25, -0.2) is 0 Å². The number of halogens is 1. The van der Waals surface area contributed by atoms with Crippen molar-refractivity contribution in [2.75, 3.05) is 11.9 Å². The number of ether oxygens (including phenoxy) is 1. The average molecular weight is 426 g/mol. The van der Waals surface area contributed by atoms with E-state index in [1.165, 1.54) is 12.1 Å². The van der Waals surface area contributed by atoms with Crippen LogP contribution in [-0.2, 0) is 11.2 Å². The number of benzene rings is 2. The molecule has 0 aliphatic rings. The summed E-state index contributed by atoms with van der Waals surface area (Å²) in [5.41, 5.74) is 1.59. The van der Waals surface area contributed by atoms with E-state index in [1.54, 1.807) is 12.1 Å². The summed E-state index contributed by atoms with van der Waals surface area (Å²) >= 11 is 2.21. The predicted octanol–water partition coefficient (Wildman–Crippen LogP) is 3.78. The molecule has 2 rings (SSSR count). The van der Waals surface area contributed by atoms with E-state index in [0.29, 0.717) is 0 Å². The van der Waals surface area contributed by atoms with Crippen molar-refractivity contribution >= 4 is 39.9 Å². The molecule has 0 spiro atoms. The molecule has 0 aliphatic carbocycles. The normalized spacial score (nSPS) is 10.2. The number of aryl methyl sites for hydroxylation is 1. The highest BCUT2D eigenvalue weighted by Crippen LogP contribution is 2.26. The number of hydrogen-bond acceptors (Lipinski definition) is 4. The number of carbonyl (C=O) groups is 1. The highest BCUT2D eigenvalue weighted by atomic mass is 127. The quantitative estimate of drug-likeness (QED) is 0.433. The summed E-state index contributed by atoms with van der Waals surface area (Å²) in [7, 11) is 0. The first-order valence-corrected chi connectivity index (χ1v) is 8.03. The van der Waals surface area contributed by atoms with Gasteiger partial charge < -0.3 is 10.1 Å². The highest BCUT2D eigenvalue weighted by Gasteiger charge is 2.15. The summed E-state index contributed by atoms with van der Waals surface area (Å²) in [6, 6.07) is 11.7. The molecule has 1 N–H and O–H groups in total. The molecule has 0 saturated carbocycles. The van der Waals surface area contributed by atoms with Gasteiger partial charge in [0.25, 0.3) is 5.91 Å². The molecule has 0 heterocycles. The van der Waals surface area contributed by atoms with Crippen LogP contribution in [0.2, 0.25) is 0 Å². The number of nitrogens with one attached hydrogen (secondary N) is 1. The maximum absolute atomic E-state index is 12.0. The van der Waals surface area contributed by atoms with Gasteiger partial charge in [0.05, 0.1) is 4.92 Å². The lowest BCUT2D eigenvalue weighted by Gasteiger charge is -2.11. The lowest BCUT2D eigenvalue weighted by molar-refractivity contribution is -0.385. The van der Waals surface area contributed by atoms with Crippen molar-refractivity contribution in [3.63, 3.8) is 0 Å². The number of hydrogen-bond donors (Lipinski definition) is 1. The summed E-state index contributed by atoms with van der Waals surface area (Å²) in [5.74, 6) is -0.287. The first-order chi connectivity index (χ1) is 11.0. The van der Waals surface area contributed by atoms with Crippen molar-refractivity contribution in [3.05, 3.63) is 61.7 Å². The zero-order chi connectivity index (χ0) is 16.8. The third-order valence-electron chi connectivity index (χ3n) is 3.14. The van der Waals surface area contributed by atoms with Crippen LogP contribution in [0.4, 0.5) is 11.4 Å². The first-order valence-electron chi connectivity index (χ1n) is 6.95. The topological polar surface area (TPSA) is 81.5 Å². The zero-order valence-corrected chi connectivity index (χ0v) is 14.6. The van der Waals surface area contributed by atoms with Gasteiger partial charge in [0.15, 0.2) is 12.4 Å². The predicted molar refractivity (Wildman–Crippen MR) is 95.8 cm³/mol. The molecule has 7 heteroatoms. The maximum atomic E-state index is 12.0. The van der Waals surface area contributed by atoms with Crippen LogP contribution in [0.3, 0.4) is 0 Å². The van der Waals surface area contributed by atoms with Gasteiger partial charge in [0, 0.05) is 15.3 Å². The van der Waals surface area contributed by atoms with E-state index in [1.807, 2.05) is 25.1 Å². The fourth-order valence-corrected chi connectivity index (χ4v) is 2.59. The van der Waals surface area contributed by atoms with Crippen LogP contribution in [0.15, 0.2) is 42.5 Å². The lowest BCUT2D eigenvalue weighted by Crippen LogP contribution is -2.21. The number of nitro groups is 1. The van der Waals surface area contributed by atoms with Gasteiger partial charge in [-0.1, -0.05) is 19.1 Å². The van der Waals surface area contributed by atoms with Gasteiger partial charge in [-0.05, 0) is 58.8 Å². The molecular weight excluding hydrogens is 411 g/mol. The zero-order valence-electron chi connectivity index (χ0n) is 12.4. The SMILES string of the molecule is CCc1cc(I)ccc1NC(=O)COc1ccccc1[N+](=O)[O-]. The summed E-state index contributed by atoms with van der Waals surface area (Å²) < 4.78 is 6.37. The largest absolute Gasteiger partial charge is 0.477 e. The number of rotatable bonds is 6. The van der Waals surface area contributed by atoms with Crippen LogP contribution in [0.1, 0.15) is 12.5 Å².